The molecule has 1 aliphatic heterocycles. The molecule has 29 heavy (non-hydrogen) atoms. The number of amides is 4. The zero-order valence-electron chi connectivity index (χ0n) is 16.8. The minimum atomic E-state index is -0.932. The fourth-order valence-electron chi connectivity index (χ4n) is 3.83. The summed E-state index contributed by atoms with van der Waals surface area (Å²) in [6, 6.07) is 8.87. The average molecular weight is 401 g/mol. The van der Waals surface area contributed by atoms with Crippen LogP contribution < -0.4 is 10.7 Å². The minimum absolute atomic E-state index is 0.0498. The van der Waals surface area contributed by atoms with Crippen LogP contribution in [0.25, 0.3) is 0 Å². The van der Waals surface area contributed by atoms with Crippen LogP contribution in [-0.4, -0.2) is 41.0 Å². The van der Waals surface area contributed by atoms with Gasteiger partial charge < -0.3 is 10.1 Å². The Morgan fingerprint density at radius 3 is 2.55 bits per heavy atom. The lowest BCUT2D eigenvalue weighted by Gasteiger charge is -2.33. The Morgan fingerprint density at radius 1 is 1.24 bits per heavy atom. The number of imide groups is 1. The molecule has 156 valence electrons. The van der Waals surface area contributed by atoms with Crippen LogP contribution in [0, 0.1) is 5.92 Å². The second-order valence-corrected chi connectivity index (χ2v) is 8.05. The smallest absolute Gasteiger partial charge is 0.344 e. The molecule has 1 aromatic rings. The molecule has 0 unspecified atom stereocenters. The van der Waals surface area contributed by atoms with Crippen molar-refractivity contribution < 1.29 is 23.9 Å². The lowest BCUT2D eigenvalue weighted by Crippen LogP contribution is -2.52. The standard InChI is InChI=1S/C21H27N3O5/c1-14-8-10-21(11-9-14)19(27)24(20(28)22-21)23-17(25)13-29-18(26)12-15(2)16-6-4-3-5-7-16/h3-7,14-15H,8-13H2,1-2H3,(H,22,28)(H,23,25)/t14?,15-,21?/m0/s1. The Morgan fingerprint density at radius 2 is 1.90 bits per heavy atom. The Hall–Kier alpha value is -2.90. The first-order valence-corrected chi connectivity index (χ1v) is 9.97. The number of benzene rings is 1. The molecule has 2 aliphatic rings. The largest absolute Gasteiger partial charge is 0.455 e. The number of ether oxygens (including phenoxy) is 1. The number of hydrogen-bond donors (Lipinski definition) is 2. The van der Waals surface area contributed by atoms with Crippen molar-refractivity contribution in [2.45, 2.75) is 57.4 Å². The highest BCUT2D eigenvalue weighted by Gasteiger charge is 2.52. The van der Waals surface area contributed by atoms with E-state index in [-0.39, 0.29) is 12.3 Å². The molecule has 0 radical (unpaired) electrons. The van der Waals surface area contributed by atoms with Gasteiger partial charge in [-0.1, -0.05) is 44.2 Å². The normalized spacial score (nSPS) is 24.9. The van der Waals surface area contributed by atoms with Gasteiger partial charge in [-0.25, -0.2) is 4.79 Å². The molecule has 1 atom stereocenters. The molecule has 2 N–H and O–H groups in total. The summed E-state index contributed by atoms with van der Waals surface area (Å²) in [6.45, 7) is 3.45. The van der Waals surface area contributed by atoms with Crippen LogP contribution in [0.3, 0.4) is 0 Å². The number of nitrogens with zero attached hydrogens (tertiary/aromatic N) is 1. The molecule has 1 saturated carbocycles. The van der Waals surface area contributed by atoms with E-state index in [2.05, 4.69) is 17.7 Å². The molecule has 4 amide bonds. The lowest BCUT2D eigenvalue weighted by atomic mass is 9.77. The molecule has 3 rings (SSSR count). The summed E-state index contributed by atoms with van der Waals surface area (Å²) in [4.78, 5) is 49.0. The summed E-state index contributed by atoms with van der Waals surface area (Å²) in [5.74, 6) is -1.24. The Bertz CT molecular complexity index is 787. The van der Waals surface area contributed by atoms with Gasteiger partial charge in [0.25, 0.3) is 11.8 Å². The highest BCUT2D eigenvalue weighted by atomic mass is 16.5. The van der Waals surface area contributed by atoms with Crippen molar-refractivity contribution >= 4 is 23.8 Å². The summed E-state index contributed by atoms with van der Waals surface area (Å²) in [6.07, 6.45) is 2.91. The van der Waals surface area contributed by atoms with E-state index in [9.17, 15) is 19.2 Å². The molecule has 1 saturated heterocycles. The first kappa shape index (κ1) is 20.8. The van der Waals surface area contributed by atoms with Crippen LogP contribution in [0.4, 0.5) is 4.79 Å². The van der Waals surface area contributed by atoms with Gasteiger partial charge in [-0.2, -0.15) is 5.01 Å². The van der Waals surface area contributed by atoms with Crippen molar-refractivity contribution in [3.05, 3.63) is 35.9 Å². The van der Waals surface area contributed by atoms with E-state index in [0.29, 0.717) is 23.8 Å². The van der Waals surface area contributed by atoms with Gasteiger partial charge in [0.15, 0.2) is 6.61 Å². The summed E-state index contributed by atoms with van der Waals surface area (Å²) in [5, 5.41) is 3.43. The van der Waals surface area contributed by atoms with Gasteiger partial charge in [-0.05, 0) is 43.1 Å². The van der Waals surface area contributed by atoms with Crippen molar-refractivity contribution in [1.82, 2.24) is 15.8 Å². The van der Waals surface area contributed by atoms with Crippen LogP contribution in [0.5, 0.6) is 0 Å². The fraction of sp³-hybridized carbons (Fsp3) is 0.524. The topological polar surface area (TPSA) is 105 Å². The van der Waals surface area contributed by atoms with Gasteiger partial charge in [0, 0.05) is 0 Å². The predicted molar refractivity (Wildman–Crippen MR) is 104 cm³/mol. The molecule has 1 aliphatic carbocycles. The first-order valence-electron chi connectivity index (χ1n) is 9.97. The van der Waals surface area contributed by atoms with E-state index in [4.69, 9.17) is 4.74 Å². The maximum Gasteiger partial charge on any atom is 0.344 e. The summed E-state index contributed by atoms with van der Waals surface area (Å²) in [7, 11) is 0. The summed E-state index contributed by atoms with van der Waals surface area (Å²) < 4.78 is 5.01. The van der Waals surface area contributed by atoms with Gasteiger partial charge in [-0.15, -0.1) is 0 Å². The number of carbonyl (C=O) groups excluding carboxylic acids is 4. The molecule has 1 spiro atoms. The van der Waals surface area contributed by atoms with Crippen LogP contribution in [0.1, 0.15) is 57.4 Å². The Labute approximate surface area is 169 Å². The molecule has 8 nitrogen and oxygen atoms in total. The van der Waals surface area contributed by atoms with E-state index in [1.54, 1.807) is 0 Å². The second-order valence-electron chi connectivity index (χ2n) is 8.05. The van der Waals surface area contributed by atoms with Crippen molar-refractivity contribution in [1.29, 1.82) is 0 Å². The Kier molecular flexibility index (Phi) is 6.20. The Balaban J connectivity index is 1.47. The van der Waals surface area contributed by atoms with Crippen molar-refractivity contribution in [3.63, 3.8) is 0 Å². The van der Waals surface area contributed by atoms with Crippen LogP contribution in [0.2, 0.25) is 0 Å². The quantitative estimate of drug-likeness (QED) is 0.562. The average Bonchev–Trinajstić information content (AvgIpc) is 2.93. The number of hydrogen-bond acceptors (Lipinski definition) is 5. The third kappa shape index (κ3) is 4.75. The second kappa shape index (κ2) is 8.63. The first-order chi connectivity index (χ1) is 13.8. The molecule has 0 aromatic heterocycles. The molecule has 1 aromatic carbocycles. The SMILES string of the molecule is CC1CCC2(CC1)NC(=O)N(NC(=O)COC(=O)C[C@H](C)c1ccccc1)C2=O. The number of rotatable bonds is 6. The highest BCUT2D eigenvalue weighted by Crippen LogP contribution is 2.35. The molecule has 0 bridgehead atoms. The number of nitrogens with one attached hydrogen (secondary N) is 2. The monoisotopic (exact) mass is 401 g/mol. The van der Waals surface area contributed by atoms with Gasteiger partial charge in [0.2, 0.25) is 0 Å². The third-order valence-electron chi connectivity index (χ3n) is 5.73. The maximum atomic E-state index is 12.7. The van der Waals surface area contributed by atoms with E-state index >= 15 is 0 Å². The van der Waals surface area contributed by atoms with E-state index in [1.165, 1.54) is 0 Å². The number of urea groups is 1. The van der Waals surface area contributed by atoms with Crippen LogP contribution >= 0.6 is 0 Å². The van der Waals surface area contributed by atoms with E-state index in [1.807, 2.05) is 37.3 Å². The molecule has 1 heterocycles. The van der Waals surface area contributed by atoms with Crippen molar-refractivity contribution in [3.8, 4) is 0 Å². The fourth-order valence-corrected chi connectivity index (χ4v) is 3.83. The lowest BCUT2D eigenvalue weighted by molar-refractivity contribution is -0.151. The molecular weight excluding hydrogens is 374 g/mol. The zero-order chi connectivity index (χ0) is 21.0. The number of esters is 1. The highest BCUT2D eigenvalue weighted by molar-refractivity contribution is 6.08. The zero-order valence-corrected chi connectivity index (χ0v) is 16.8. The van der Waals surface area contributed by atoms with Gasteiger partial charge in [0.1, 0.15) is 5.54 Å². The van der Waals surface area contributed by atoms with E-state index < -0.39 is 36.0 Å². The number of hydrazine groups is 1. The van der Waals surface area contributed by atoms with Gasteiger partial charge >= 0.3 is 12.0 Å². The van der Waals surface area contributed by atoms with Crippen molar-refractivity contribution in [2.24, 2.45) is 5.92 Å². The summed E-state index contributed by atoms with van der Waals surface area (Å²) in [5.41, 5.74) is 2.33. The van der Waals surface area contributed by atoms with Gasteiger partial charge in [0.05, 0.1) is 6.42 Å². The van der Waals surface area contributed by atoms with Crippen molar-refractivity contribution in [2.75, 3.05) is 6.61 Å². The van der Waals surface area contributed by atoms with Crippen LogP contribution in [0.15, 0.2) is 30.3 Å². The molecular formula is C21H27N3O5. The summed E-state index contributed by atoms with van der Waals surface area (Å²) >= 11 is 0. The predicted octanol–water partition coefficient (Wildman–Crippen LogP) is 2.26. The molecule has 8 heteroatoms. The van der Waals surface area contributed by atoms with Gasteiger partial charge in [-0.3, -0.25) is 19.8 Å². The third-order valence-corrected chi connectivity index (χ3v) is 5.73. The maximum absolute atomic E-state index is 12.7. The minimum Gasteiger partial charge on any atom is -0.455 e. The van der Waals surface area contributed by atoms with E-state index in [0.717, 1.165) is 18.4 Å². The number of carbonyl (C=O) groups is 4. The molecule has 2 fully saturated rings. The van der Waals surface area contributed by atoms with Crippen LogP contribution in [-0.2, 0) is 19.1 Å².